The third-order valence-corrected chi connectivity index (χ3v) is 5.06. The Morgan fingerprint density at radius 1 is 1.04 bits per heavy atom. The van der Waals surface area contributed by atoms with Crippen LogP contribution in [0.15, 0.2) is 53.4 Å². The molecule has 1 N–H and O–H groups in total. The summed E-state index contributed by atoms with van der Waals surface area (Å²) in [5.74, 6) is -0.345. The van der Waals surface area contributed by atoms with Crippen molar-refractivity contribution in [3.8, 4) is 11.5 Å². The number of methoxy groups -OCH3 is 2. The summed E-state index contributed by atoms with van der Waals surface area (Å²) in [5, 5.41) is 9.11. The summed E-state index contributed by atoms with van der Waals surface area (Å²) in [6, 6.07) is 11.9. The number of anilines is 1. The Labute approximate surface area is 140 Å². The first-order valence-corrected chi connectivity index (χ1v) is 8.35. The van der Waals surface area contributed by atoms with Gasteiger partial charge in [-0.1, -0.05) is 6.07 Å². The van der Waals surface area contributed by atoms with Gasteiger partial charge in [-0.05, 0) is 36.4 Å². The summed E-state index contributed by atoms with van der Waals surface area (Å²) in [6.07, 6.45) is 0. The fourth-order valence-electron chi connectivity index (χ4n) is 2.08. The van der Waals surface area contributed by atoms with Crippen LogP contribution < -0.4 is 13.8 Å². The molecular formula is C16H17NO6S. The van der Waals surface area contributed by atoms with Gasteiger partial charge in [0.1, 0.15) is 18.0 Å². The van der Waals surface area contributed by atoms with Crippen LogP contribution in [-0.2, 0) is 14.8 Å². The second kappa shape index (κ2) is 7.22. The monoisotopic (exact) mass is 351 g/mol. The van der Waals surface area contributed by atoms with Crippen LogP contribution in [0.25, 0.3) is 0 Å². The molecule has 0 aliphatic rings. The minimum absolute atomic E-state index is 0.0348. The number of carboxylic acid groups (broad SMARTS) is 1. The van der Waals surface area contributed by atoms with Gasteiger partial charge >= 0.3 is 5.97 Å². The summed E-state index contributed by atoms with van der Waals surface area (Å²) < 4.78 is 36.6. The molecule has 8 heteroatoms. The van der Waals surface area contributed by atoms with Crippen molar-refractivity contribution in [2.24, 2.45) is 0 Å². The van der Waals surface area contributed by atoms with Crippen LogP contribution in [0.5, 0.6) is 11.5 Å². The number of ether oxygens (including phenoxy) is 2. The predicted molar refractivity (Wildman–Crippen MR) is 88.2 cm³/mol. The van der Waals surface area contributed by atoms with E-state index >= 15 is 0 Å². The second-order valence-electron chi connectivity index (χ2n) is 4.78. The molecule has 0 atom stereocenters. The Bertz CT molecular complexity index is 817. The molecule has 128 valence electrons. The zero-order valence-corrected chi connectivity index (χ0v) is 14.0. The molecule has 0 aliphatic carbocycles. The van der Waals surface area contributed by atoms with Crippen LogP contribution in [-0.4, -0.2) is 40.3 Å². The quantitative estimate of drug-likeness (QED) is 0.820. The van der Waals surface area contributed by atoms with Gasteiger partial charge in [0, 0.05) is 6.07 Å². The Balaban J connectivity index is 2.50. The van der Waals surface area contributed by atoms with E-state index in [1.165, 1.54) is 50.6 Å². The SMILES string of the molecule is COc1ccc(S(=O)(=O)N(CC(=O)O)c2cccc(OC)c2)cc1. The van der Waals surface area contributed by atoms with Crippen LogP contribution in [0.1, 0.15) is 0 Å². The molecule has 0 aromatic heterocycles. The van der Waals surface area contributed by atoms with Gasteiger partial charge in [-0.15, -0.1) is 0 Å². The minimum atomic E-state index is -4.06. The molecule has 0 bridgehead atoms. The van der Waals surface area contributed by atoms with Crippen molar-refractivity contribution >= 4 is 21.7 Å². The van der Waals surface area contributed by atoms with Crippen LogP contribution in [0.2, 0.25) is 0 Å². The number of aliphatic carboxylic acids is 1. The fourth-order valence-corrected chi connectivity index (χ4v) is 3.48. The maximum Gasteiger partial charge on any atom is 0.324 e. The van der Waals surface area contributed by atoms with Crippen molar-refractivity contribution in [3.63, 3.8) is 0 Å². The first kappa shape index (κ1) is 17.6. The van der Waals surface area contributed by atoms with E-state index in [9.17, 15) is 13.2 Å². The molecule has 2 aromatic rings. The Morgan fingerprint density at radius 3 is 2.21 bits per heavy atom. The molecule has 0 amide bonds. The molecule has 0 saturated carbocycles. The van der Waals surface area contributed by atoms with E-state index in [0.29, 0.717) is 11.5 Å². The van der Waals surface area contributed by atoms with Crippen LogP contribution >= 0.6 is 0 Å². The molecular weight excluding hydrogens is 334 g/mol. The lowest BCUT2D eigenvalue weighted by molar-refractivity contribution is -0.135. The normalized spacial score (nSPS) is 10.9. The smallest absolute Gasteiger partial charge is 0.324 e. The van der Waals surface area contributed by atoms with Crippen molar-refractivity contribution in [2.75, 3.05) is 25.1 Å². The number of carboxylic acids is 1. The van der Waals surface area contributed by atoms with Gasteiger partial charge in [-0.3, -0.25) is 9.10 Å². The fraction of sp³-hybridized carbons (Fsp3) is 0.188. The van der Waals surface area contributed by atoms with Crippen LogP contribution in [0.4, 0.5) is 5.69 Å². The number of carbonyl (C=O) groups is 1. The molecule has 7 nitrogen and oxygen atoms in total. The maximum atomic E-state index is 12.8. The Morgan fingerprint density at radius 2 is 1.67 bits per heavy atom. The van der Waals surface area contributed by atoms with Crippen molar-refractivity contribution in [1.29, 1.82) is 0 Å². The van der Waals surface area contributed by atoms with Gasteiger partial charge in [-0.25, -0.2) is 8.42 Å². The first-order chi connectivity index (χ1) is 11.4. The molecule has 24 heavy (non-hydrogen) atoms. The van der Waals surface area contributed by atoms with E-state index in [1.807, 2.05) is 0 Å². The topological polar surface area (TPSA) is 93.1 Å². The van der Waals surface area contributed by atoms with Gasteiger partial charge < -0.3 is 14.6 Å². The lowest BCUT2D eigenvalue weighted by Crippen LogP contribution is -2.35. The van der Waals surface area contributed by atoms with Crippen LogP contribution in [0.3, 0.4) is 0 Å². The molecule has 0 radical (unpaired) electrons. The molecule has 0 fully saturated rings. The summed E-state index contributed by atoms with van der Waals surface area (Å²) >= 11 is 0. The van der Waals surface area contributed by atoms with Gasteiger partial charge in [0.25, 0.3) is 10.0 Å². The van der Waals surface area contributed by atoms with Crippen LogP contribution in [0, 0.1) is 0 Å². The predicted octanol–water partition coefficient (Wildman–Crippen LogP) is 1.98. The summed E-state index contributed by atoms with van der Waals surface area (Å²) in [5.41, 5.74) is 0.201. The third-order valence-electron chi connectivity index (χ3n) is 3.27. The highest BCUT2D eigenvalue weighted by atomic mass is 32.2. The number of hydrogen-bond donors (Lipinski definition) is 1. The van der Waals surface area contributed by atoms with E-state index in [4.69, 9.17) is 14.6 Å². The average Bonchev–Trinajstić information content (AvgIpc) is 2.59. The van der Waals surface area contributed by atoms with Crippen molar-refractivity contribution in [2.45, 2.75) is 4.90 Å². The number of benzene rings is 2. The largest absolute Gasteiger partial charge is 0.497 e. The molecule has 0 unspecified atom stereocenters. The molecule has 2 aromatic carbocycles. The molecule has 0 heterocycles. The maximum absolute atomic E-state index is 12.8. The molecule has 0 aliphatic heterocycles. The lowest BCUT2D eigenvalue weighted by atomic mass is 10.3. The highest BCUT2D eigenvalue weighted by Crippen LogP contribution is 2.27. The van der Waals surface area contributed by atoms with E-state index in [0.717, 1.165) is 4.31 Å². The number of hydrogen-bond acceptors (Lipinski definition) is 5. The first-order valence-electron chi connectivity index (χ1n) is 6.91. The highest BCUT2D eigenvalue weighted by Gasteiger charge is 2.27. The summed E-state index contributed by atoms with van der Waals surface area (Å²) in [7, 11) is -1.15. The third kappa shape index (κ3) is 3.77. The lowest BCUT2D eigenvalue weighted by Gasteiger charge is -2.23. The average molecular weight is 351 g/mol. The Hall–Kier alpha value is -2.74. The van der Waals surface area contributed by atoms with Gasteiger partial charge in [0.2, 0.25) is 0 Å². The van der Waals surface area contributed by atoms with Crippen molar-refractivity contribution < 1.29 is 27.8 Å². The highest BCUT2D eigenvalue weighted by molar-refractivity contribution is 7.92. The standard InChI is InChI=1S/C16H17NO6S/c1-22-13-6-8-15(9-7-13)24(20,21)17(11-16(18)19)12-4-3-5-14(10-12)23-2/h3-10H,11H2,1-2H3,(H,18,19). The number of rotatable bonds is 7. The summed E-state index contributed by atoms with van der Waals surface area (Å²) in [6.45, 7) is -0.707. The summed E-state index contributed by atoms with van der Waals surface area (Å²) in [4.78, 5) is 11.1. The van der Waals surface area contributed by atoms with E-state index in [-0.39, 0.29) is 10.6 Å². The van der Waals surface area contributed by atoms with E-state index < -0.39 is 22.5 Å². The number of nitrogens with zero attached hydrogens (tertiary/aromatic N) is 1. The Kier molecular flexibility index (Phi) is 5.30. The van der Waals surface area contributed by atoms with Crippen molar-refractivity contribution in [3.05, 3.63) is 48.5 Å². The molecule has 0 saturated heterocycles. The van der Waals surface area contributed by atoms with Gasteiger partial charge in [0.05, 0.1) is 24.8 Å². The zero-order chi connectivity index (χ0) is 17.7. The van der Waals surface area contributed by atoms with Gasteiger partial charge in [-0.2, -0.15) is 0 Å². The molecule has 0 spiro atoms. The second-order valence-corrected chi connectivity index (χ2v) is 6.64. The van der Waals surface area contributed by atoms with E-state index in [1.54, 1.807) is 12.1 Å². The van der Waals surface area contributed by atoms with Gasteiger partial charge in [0.15, 0.2) is 0 Å². The van der Waals surface area contributed by atoms with Crippen molar-refractivity contribution in [1.82, 2.24) is 0 Å². The minimum Gasteiger partial charge on any atom is -0.497 e. The van der Waals surface area contributed by atoms with E-state index in [2.05, 4.69) is 0 Å². The zero-order valence-electron chi connectivity index (χ0n) is 13.2. The molecule has 2 rings (SSSR count). The number of sulfonamides is 1.